The first-order valence-corrected chi connectivity index (χ1v) is 11.0. The van der Waals surface area contributed by atoms with Gasteiger partial charge in [0.15, 0.2) is 9.99 Å². The summed E-state index contributed by atoms with van der Waals surface area (Å²) in [6.45, 7) is 4.72. The molecule has 0 bridgehead atoms. The molecule has 140 valence electrons. The van der Waals surface area contributed by atoms with Crippen molar-refractivity contribution in [1.82, 2.24) is 19.3 Å². The average Bonchev–Trinajstić information content (AvgIpc) is 3.18. The molecular formula is C19H20N4O2S2. The van der Waals surface area contributed by atoms with Crippen LogP contribution in [0.15, 0.2) is 39.6 Å². The van der Waals surface area contributed by atoms with Crippen molar-refractivity contribution < 1.29 is 4.21 Å². The lowest BCUT2D eigenvalue weighted by Gasteiger charge is -2.09. The zero-order chi connectivity index (χ0) is 19.3. The van der Waals surface area contributed by atoms with Crippen LogP contribution in [0.5, 0.6) is 0 Å². The summed E-state index contributed by atoms with van der Waals surface area (Å²) in [6.07, 6.45) is 3.32. The highest BCUT2D eigenvalue weighted by Crippen LogP contribution is 2.31. The van der Waals surface area contributed by atoms with E-state index in [4.69, 9.17) is 0 Å². The van der Waals surface area contributed by atoms with Crippen molar-refractivity contribution in [3.05, 3.63) is 51.9 Å². The van der Waals surface area contributed by atoms with Crippen LogP contribution in [0.25, 0.3) is 21.3 Å². The second-order valence-electron chi connectivity index (χ2n) is 6.92. The highest BCUT2D eigenvalue weighted by atomic mass is 32.2. The molecule has 0 saturated heterocycles. The number of hydrogen-bond donors (Lipinski definition) is 0. The van der Waals surface area contributed by atoms with Gasteiger partial charge in [-0.3, -0.25) is 9.00 Å². The monoisotopic (exact) mass is 400 g/mol. The number of aromatic nitrogens is 4. The Labute approximate surface area is 162 Å². The van der Waals surface area contributed by atoms with Gasteiger partial charge in [-0.25, -0.2) is 9.67 Å². The van der Waals surface area contributed by atoms with E-state index in [1.165, 1.54) is 21.6 Å². The minimum Gasteiger partial charge on any atom is -0.323 e. The van der Waals surface area contributed by atoms with Gasteiger partial charge in [0.25, 0.3) is 5.56 Å². The van der Waals surface area contributed by atoms with Crippen LogP contribution < -0.4 is 5.56 Å². The molecule has 0 radical (unpaired) electrons. The minimum atomic E-state index is -1.14. The lowest BCUT2D eigenvalue weighted by atomic mass is 10.0. The van der Waals surface area contributed by atoms with Crippen molar-refractivity contribution in [2.45, 2.75) is 30.6 Å². The molecule has 1 atom stereocenters. The second-order valence-corrected chi connectivity index (χ2v) is 9.47. The third-order valence-electron chi connectivity index (χ3n) is 4.70. The van der Waals surface area contributed by atoms with Gasteiger partial charge in [0.1, 0.15) is 5.52 Å². The van der Waals surface area contributed by atoms with Gasteiger partial charge in [0, 0.05) is 18.7 Å². The van der Waals surface area contributed by atoms with Crippen molar-refractivity contribution in [2.24, 2.45) is 7.05 Å². The molecule has 0 aliphatic heterocycles. The molecule has 8 heteroatoms. The van der Waals surface area contributed by atoms with Gasteiger partial charge in [-0.15, -0.1) is 11.3 Å². The Morgan fingerprint density at radius 1 is 1.30 bits per heavy atom. The lowest BCUT2D eigenvalue weighted by Crippen LogP contribution is -2.24. The number of rotatable bonds is 4. The Morgan fingerprint density at radius 3 is 2.78 bits per heavy atom. The predicted octanol–water partition coefficient (Wildman–Crippen LogP) is 3.25. The number of hydrogen-bond acceptors (Lipinski definition) is 5. The van der Waals surface area contributed by atoms with Gasteiger partial charge in [-0.1, -0.05) is 38.1 Å². The maximum absolute atomic E-state index is 13.1. The van der Waals surface area contributed by atoms with Crippen LogP contribution in [0.4, 0.5) is 0 Å². The smallest absolute Gasteiger partial charge is 0.291 e. The SMILES string of the molecule is CC(C)c1cccc(Cn2ncc3c4sc(S(C)=O)nc4n(C)c3c2=O)c1. The maximum Gasteiger partial charge on any atom is 0.291 e. The molecule has 0 amide bonds. The van der Waals surface area contributed by atoms with Gasteiger partial charge >= 0.3 is 0 Å². The average molecular weight is 401 g/mol. The van der Waals surface area contributed by atoms with Crippen molar-refractivity contribution in [1.29, 1.82) is 0 Å². The van der Waals surface area contributed by atoms with Gasteiger partial charge in [0.2, 0.25) is 0 Å². The second kappa shape index (κ2) is 6.69. The summed E-state index contributed by atoms with van der Waals surface area (Å²) < 4.78 is 16.4. The lowest BCUT2D eigenvalue weighted by molar-refractivity contribution is 0.643. The Morgan fingerprint density at radius 2 is 2.07 bits per heavy atom. The number of nitrogens with zero attached hydrogens (tertiary/aromatic N) is 4. The van der Waals surface area contributed by atoms with Crippen molar-refractivity contribution >= 4 is 43.4 Å². The fourth-order valence-electron chi connectivity index (χ4n) is 3.23. The van der Waals surface area contributed by atoms with Gasteiger partial charge in [-0.2, -0.15) is 5.10 Å². The van der Waals surface area contributed by atoms with Crippen LogP contribution in [0.2, 0.25) is 0 Å². The quantitative estimate of drug-likeness (QED) is 0.527. The molecule has 0 aliphatic rings. The summed E-state index contributed by atoms with van der Waals surface area (Å²) >= 11 is 1.36. The number of fused-ring (bicyclic) bond motifs is 3. The predicted molar refractivity (Wildman–Crippen MR) is 110 cm³/mol. The van der Waals surface area contributed by atoms with Crippen molar-refractivity contribution in [3.8, 4) is 0 Å². The topological polar surface area (TPSA) is 69.8 Å². The summed E-state index contributed by atoms with van der Waals surface area (Å²) in [5.74, 6) is 0.432. The molecule has 3 aromatic heterocycles. The fraction of sp³-hybridized carbons (Fsp3) is 0.316. The Balaban J connectivity index is 1.83. The number of aryl methyl sites for hydroxylation is 1. The van der Waals surface area contributed by atoms with E-state index in [0.717, 1.165) is 15.6 Å². The molecule has 6 nitrogen and oxygen atoms in total. The fourth-order valence-corrected chi connectivity index (χ4v) is 5.00. The third kappa shape index (κ3) is 3.02. The molecule has 27 heavy (non-hydrogen) atoms. The molecule has 1 aromatic carbocycles. The summed E-state index contributed by atoms with van der Waals surface area (Å²) in [7, 11) is 0.674. The van der Waals surface area contributed by atoms with Crippen LogP contribution in [0.1, 0.15) is 30.9 Å². The van der Waals surface area contributed by atoms with E-state index in [-0.39, 0.29) is 5.56 Å². The molecule has 4 rings (SSSR count). The van der Waals surface area contributed by atoms with E-state index in [1.54, 1.807) is 17.0 Å². The molecule has 3 heterocycles. The number of benzene rings is 1. The standard InChI is InChI=1S/C19H20N4O2S2/c1-11(2)13-7-5-6-12(8-13)10-23-18(24)15-14(9-20-23)16-17(22(15)3)21-19(26-16)27(4)25/h5-9,11H,10H2,1-4H3. The van der Waals surface area contributed by atoms with E-state index >= 15 is 0 Å². The highest BCUT2D eigenvalue weighted by Gasteiger charge is 2.19. The molecule has 1 unspecified atom stereocenters. The maximum atomic E-state index is 13.1. The summed E-state index contributed by atoms with van der Waals surface area (Å²) in [5.41, 5.74) is 3.40. The first-order valence-electron chi connectivity index (χ1n) is 8.64. The van der Waals surface area contributed by atoms with Gasteiger partial charge in [0.05, 0.1) is 28.2 Å². The Kier molecular flexibility index (Phi) is 4.47. The number of thiazole rings is 1. The van der Waals surface area contributed by atoms with Crippen LogP contribution in [0.3, 0.4) is 0 Å². The molecule has 0 fully saturated rings. The minimum absolute atomic E-state index is 0.144. The van der Waals surface area contributed by atoms with Crippen LogP contribution in [-0.2, 0) is 24.4 Å². The van der Waals surface area contributed by atoms with E-state index in [2.05, 4.69) is 36.1 Å². The Bertz CT molecular complexity index is 1250. The Hall–Kier alpha value is -2.32. The molecule has 0 N–H and O–H groups in total. The molecule has 4 aromatic rings. The normalized spacial score (nSPS) is 13.1. The van der Waals surface area contributed by atoms with E-state index in [1.807, 2.05) is 19.2 Å². The van der Waals surface area contributed by atoms with Crippen molar-refractivity contribution in [2.75, 3.05) is 6.26 Å². The summed E-state index contributed by atoms with van der Waals surface area (Å²) in [4.78, 5) is 17.5. The van der Waals surface area contributed by atoms with Gasteiger partial charge in [-0.05, 0) is 17.0 Å². The zero-order valence-electron chi connectivity index (χ0n) is 15.6. The molecule has 0 saturated carbocycles. The van der Waals surface area contributed by atoms with Crippen LogP contribution in [0, 0.1) is 0 Å². The summed E-state index contributed by atoms with van der Waals surface area (Å²) in [5, 5.41) is 5.15. The first-order chi connectivity index (χ1) is 12.9. The highest BCUT2D eigenvalue weighted by molar-refractivity contribution is 7.86. The zero-order valence-corrected chi connectivity index (χ0v) is 17.2. The van der Waals surface area contributed by atoms with E-state index < -0.39 is 10.8 Å². The molecular weight excluding hydrogens is 380 g/mol. The van der Waals surface area contributed by atoms with Crippen LogP contribution in [-0.4, -0.2) is 29.8 Å². The largest absolute Gasteiger partial charge is 0.323 e. The van der Waals surface area contributed by atoms with Crippen LogP contribution >= 0.6 is 11.3 Å². The van der Waals surface area contributed by atoms with E-state index in [9.17, 15) is 9.00 Å². The van der Waals surface area contributed by atoms with E-state index in [0.29, 0.717) is 28.0 Å². The molecule has 0 aliphatic carbocycles. The third-order valence-corrected chi connectivity index (χ3v) is 7.11. The molecule has 0 spiro atoms. The van der Waals surface area contributed by atoms with Crippen molar-refractivity contribution in [3.63, 3.8) is 0 Å². The first kappa shape index (κ1) is 18.1. The van der Waals surface area contributed by atoms with Gasteiger partial charge < -0.3 is 4.57 Å². The summed E-state index contributed by atoms with van der Waals surface area (Å²) in [6, 6.07) is 8.25.